The van der Waals surface area contributed by atoms with Gasteiger partial charge in [0.25, 0.3) is 0 Å². The van der Waals surface area contributed by atoms with Gasteiger partial charge in [-0.2, -0.15) is 0 Å². The molecule has 0 amide bonds. The molecule has 3 rings (SSSR count). The van der Waals surface area contributed by atoms with Crippen LogP contribution in [0.2, 0.25) is 0 Å². The van der Waals surface area contributed by atoms with Gasteiger partial charge >= 0.3 is 0 Å². The van der Waals surface area contributed by atoms with Crippen molar-refractivity contribution in [3.05, 3.63) is 29.6 Å². The van der Waals surface area contributed by atoms with Gasteiger partial charge < -0.3 is 10.2 Å². The maximum Gasteiger partial charge on any atom is 0.125 e. The van der Waals surface area contributed by atoms with Crippen LogP contribution in [0.5, 0.6) is 0 Å². The van der Waals surface area contributed by atoms with Crippen molar-refractivity contribution >= 4 is 5.69 Å². The topological polar surface area (TPSA) is 15.3 Å². The van der Waals surface area contributed by atoms with E-state index in [1.165, 1.54) is 5.56 Å². The van der Waals surface area contributed by atoms with Gasteiger partial charge in [-0.1, -0.05) is 6.07 Å². The van der Waals surface area contributed by atoms with E-state index in [4.69, 9.17) is 0 Å². The molecule has 0 atom stereocenters. The maximum atomic E-state index is 13.1. The Bertz CT molecular complexity index is 374. The molecular weight excluding hydrogens is 191 g/mol. The molecule has 1 saturated heterocycles. The summed E-state index contributed by atoms with van der Waals surface area (Å²) >= 11 is 0. The minimum atomic E-state index is -0.118. The van der Waals surface area contributed by atoms with Gasteiger partial charge in [0.2, 0.25) is 0 Å². The zero-order valence-corrected chi connectivity index (χ0v) is 8.67. The van der Waals surface area contributed by atoms with Gasteiger partial charge in [-0.15, -0.1) is 0 Å². The third kappa shape index (κ3) is 1.61. The van der Waals surface area contributed by atoms with Crippen LogP contribution in [0.3, 0.4) is 0 Å². The summed E-state index contributed by atoms with van der Waals surface area (Å²) in [5, 5.41) is 3.27. The molecule has 1 fully saturated rings. The normalized spacial score (nSPS) is 20.2. The molecule has 0 aliphatic carbocycles. The minimum absolute atomic E-state index is 0.118. The zero-order valence-electron chi connectivity index (χ0n) is 8.67. The molecule has 2 aliphatic rings. The van der Waals surface area contributed by atoms with Crippen molar-refractivity contribution in [3.63, 3.8) is 0 Å². The van der Waals surface area contributed by atoms with Crippen LogP contribution in [0, 0.1) is 11.7 Å². The highest BCUT2D eigenvalue weighted by atomic mass is 19.1. The smallest absolute Gasteiger partial charge is 0.125 e. The molecule has 0 unspecified atom stereocenters. The molecule has 80 valence electrons. The van der Waals surface area contributed by atoms with E-state index in [9.17, 15) is 4.39 Å². The van der Waals surface area contributed by atoms with Crippen molar-refractivity contribution in [1.82, 2.24) is 5.32 Å². The Morgan fingerprint density at radius 1 is 1.40 bits per heavy atom. The first-order valence-electron chi connectivity index (χ1n) is 5.57. The molecule has 1 N–H and O–H groups in total. The van der Waals surface area contributed by atoms with Crippen molar-refractivity contribution in [2.45, 2.75) is 6.42 Å². The standard InChI is InChI=1S/C12H15FN2/c13-11-2-1-10-3-4-15(12(10)5-11)8-9-6-14-7-9/h1-2,5,9,14H,3-4,6-8H2. The monoisotopic (exact) mass is 206 g/mol. The van der Waals surface area contributed by atoms with Crippen LogP contribution in [-0.4, -0.2) is 26.2 Å². The zero-order chi connectivity index (χ0) is 10.3. The quantitative estimate of drug-likeness (QED) is 0.787. The molecule has 0 saturated carbocycles. The second kappa shape index (κ2) is 3.49. The second-order valence-electron chi connectivity index (χ2n) is 4.49. The molecule has 2 heterocycles. The van der Waals surface area contributed by atoms with E-state index < -0.39 is 0 Å². The molecule has 1 aromatic rings. The number of nitrogens with zero attached hydrogens (tertiary/aromatic N) is 1. The van der Waals surface area contributed by atoms with E-state index in [1.54, 1.807) is 12.1 Å². The maximum absolute atomic E-state index is 13.1. The number of rotatable bonds is 2. The van der Waals surface area contributed by atoms with Crippen LogP contribution in [-0.2, 0) is 6.42 Å². The van der Waals surface area contributed by atoms with Gasteiger partial charge in [0, 0.05) is 37.8 Å². The molecule has 15 heavy (non-hydrogen) atoms. The fourth-order valence-corrected chi connectivity index (χ4v) is 2.40. The lowest BCUT2D eigenvalue weighted by atomic mass is 10.0. The second-order valence-corrected chi connectivity index (χ2v) is 4.49. The Balaban J connectivity index is 1.80. The number of nitrogens with one attached hydrogen (secondary N) is 1. The fourth-order valence-electron chi connectivity index (χ4n) is 2.40. The van der Waals surface area contributed by atoms with E-state index >= 15 is 0 Å². The Kier molecular flexibility index (Phi) is 2.13. The van der Waals surface area contributed by atoms with Crippen LogP contribution in [0.15, 0.2) is 18.2 Å². The van der Waals surface area contributed by atoms with Crippen molar-refractivity contribution in [1.29, 1.82) is 0 Å². The predicted octanol–water partition coefficient (Wildman–Crippen LogP) is 1.41. The largest absolute Gasteiger partial charge is 0.371 e. The number of benzene rings is 1. The van der Waals surface area contributed by atoms with E-state index in [1.807, 2.05) is 6.07 Å². The van der Waals surface area contributed by atoms with E-state index in [0.717, 1.165) is 44.2 Å². The SMILES string of the molecule is Fc1ccc2c(c1)N(CC1CNC1)CC2. The van der Waals surface area contributed by atoms with E-state index in [-0.39, 0.29) is 5.82 Å². The number of fused-ring (bicyclic) bond motifs is 1. The van der Waals surface area contributed by atoms with E-state index in [2.05, 4.69) is 10.2 Å². The molecule has 2 aliphatic heterocycles. The molecule has 1 aromatic carbocycles. The predicted molar refractivity (Wildman–Crippen MR) is 58.7 cm³/mol. The minimum Gasteiger partial charge on any atom is -0.371 e. The molecular formula is C12H15FN2. The lowest BCUT2D eigenvalue weighted by molar-refractivity contribution is 0.350. The van der Waals surface area contributed by atoms with Crippen LogP contribution in [0.4, 0.5) is 10.1 Å². The fraction of sp³-hybridized carbons (Fsp3) is 0.500. The summed E-state index contributed by atoms with van der Waals surface area (Å²) in [6, 6.07) is 5.16. The summed E-state index contributed by atoms with van der Waals surface area (Å²) in [7, 11) is 0. The van der Waals surface area contributed by atoms with E-state index in [0.29, 0.717) is 0 Å². The highest BCUT2D eigenvalue weighted by Gasteiger charge is 2.25. The van der Waals surface area contributed by atoms with Gasteiger partial charge in [0.15, 0.2) is 0 Å². The average molecular weight is 206 g/mol. The number of hydrogen-bond acceptors (Lipinski definition) is 2. The molecule has 0 radical (unpaired) electrons. The number of anilines is 1. The summed E-state index contributed by atoms with van der Waals surface area (Å²) in [5.74, 6) is 0.631. The summed E-state index contributed by atoms with van der Waals surface area (Å²) in [5.41, 5.74) is 2.41. The molecule has 0 bridgehead atoms. The summed E-state index contributed by atoms with van der Waals surface area (Å²) in [6.07, 6.45) is 1.07. The lowest BCUT2D eigenvalue weighted by Gasteiger charge is -2.32. The third-order valence-corrected chi connectivity index (χ3v) is 3.38. The molecule has 2 nitrogen and oxygen atoms in total. The summed E-state index contributed by atoms with van der Waals surface area (Å²) < 4.78 is 13.1. The summed E-state index contributed by atoms with van der Waals surface area (Å²) in [4.78, 5) is 2.32. The Hall–Kier alpha value is -1.09. The number of halogens is 1. The molecule has 0 spiro atoms. The third-order valence-electron chi connectivity index (χ3n) is 3.38. The Morgan fingerprint density at radius 2 is 2.27 bits per heavy atom. The Labute approximate surface area is 89.1 Å². The average Bonchev–Trinajstić information content (AvgIpc) is 2.54. The Morgan fingerprint density at radius 3 is 3.00 bits per heavy atom. The first kappa shape index (κ1) is 9.16. The van der Waals surface area contributed by atoms with Crippen molar-refractivity contribution in [2.75, 3.05) is 31.1 Å². The highest BCUT2D eigenvalue weighted by molar-refractivity contribution is 5.58. The van der Waals surface area contributed by atoms with Gasteiger partial charge in [-0.05, 0) is 24.1 Å². The van der Waals surface area contributed by atoms with Crippen molar-refractivity contribution < 1.29 is 4.39 Å². The number of hydrogen-bond donors (Lipinski definition) is 1. The van der Waals surface area contributed by atoms with Crippen LogP contribution >= 0.6 is 0 Å². The van der Waals surface area contributed by atoms with Gasteiger partial charge in [-0.3, -0.25) is 0 Å². The van der Waals surface area contributed by atoms with Crippen molar-refractivity contribution in [2.24, 2.45) is 5.92 Å². The van der Waals surface area contributed by atoms with Crippen molar-refractivity contribution in [3.8, 4) is 0 Å². The molecule has 0 aromatic heterocycles. The lowest BCUT2D eigenvalue weighted by Crippen LogP contribution is -2.48. The first-order chi connectivity index (χ1) is 7.33. The van der Waals surface area contributed by atoms with Gasteiger partial charge in [-0.25, -0.2) is 4.39 Å². The summed E-state index contributed by atoms with van der Waals surface area (Å²) in [6.45, 7) is 4.35. The first-order valence-corrected chi connectivity index (χ1v) is 5.57. The molecule has 3 heteroatoms. The van der Waals surface area contributed by atoms with Crippen LogP contribution < -0.4 is 10.2 Å². The van der Waals surface area contributed by atoms with Gasteiger partial charge in [0.05, 0.1) is 0 Å². The highest BCUT2D eigenvalue weighted by Crippen LogP contribution is 2.29. The van der Waals surface area contributed by atoms with Crippen LogP contribution in [0.1, 0.15) is 5.56 Å². The van der Waals surface area contributed by atoms with Gasteiger partial charge in [0.1, 0.15) is 5.82 Å². The van der Waals surface area contributed by atoms with Crippen LogP contribution in [0.25, 0.3) is 0 Å².